The van der Waals surface area contributed by atoms with Gasteiger partial charge in [-0.2, -0.15) is 0 Å². The maximum atomic E-state index is 15.7. The largest absolute Gasteiger partial charge is 0.465 e. The van der Waals surface area contributed by atoms with Crippen molar-refractivity contribution < 1.29 is 66.7 Å². The molecule has 0 saturated carbocycles. The standard InChI is InChI=1S/C101H116N4O14/c1-70-92-80(45-48-86(107)114-60-52-73-32-18-10-19-33-73)97(3,4)84(103-92)67-83-79(44-47-85(106)113-59-51-72-30-16-9-17-31-72)99(6,68-90(111)118-64-56-77-40-26-14-27-41-77)95(102-83)71(2)93-81(46-49-87(108)115-61-53-74-34-20-11-21-35-74)100(7,69-91(112)119-65-57-78-42-28-15-29-43-78)101(8,105-93)96-82(66-89(110)117-63-55-76-38-24-13-25-39-76)98(5,94(70)104-96)58-50-88(109)116-62-54-75-36-22-12-23-37-75/h9-43,67,79-82,96,102H,44-66,68-69H2,1-8H3/b83-67-,92-70-,95-71-/t79-,80-,81-,82+,96?,98-,99+,100+,101?/m1/s1. The fourth-order valence-electron chi connectivity index (χ4n) is 18.6. The third-order valence-corrected chi connectivity index (χ3v) is 25.7. The summed E-state index contributed by atoms with van der Waals surface area (Å²) in [6, 6.07) is 67.7. The molecule has 1 N–H and O–H groups in total. The summed E-state index contributed by atoms with van der Waals surface area (Å²) in [4.78, 5) is 123. The van der Waals surface area contributed by atoms with Crippen LogP contribution in [0.2, 0.25) is 0 Å². The molecular weight excluding hydrogens is 1490 g/mol. The topological polar surface area (TPSA) is 233 Å². The summed E-state index contributed by atoms with van der Waals surface area (Å²) >= 11 is 0. The molecule has 5 aliphatic heterocycles. The summed E-state index contributed by atoms with van der Waals surface area (Å²) in [5.41, 5.74) is 5.59. The number of hydrogen-bond donors (Lipinski definition) is 1. The number of carbonyl (C=O) groups is 7. The van der Waals surface area contributed by atoms with E-state index >= 15 is 14.4 Å². The number of fused-ring (bicyclic) bond motifs is 6. The molecule has 5 aliphatic rings. The first-order chi connectivity index (χ1) is 57.4. The van der Waals surface area contributed by atoms with Crippen LogP contribution in [0.1, 0.15) is 165 Å². The number of nitrogens with zero attached hydrogens (tertiary/aromatic N) is 3. The van der Waals surface area contributed by atoms with Crippen molar-refractivity contribution in [2.45, 2.75) is 183 Å². The van der Waals surface area contributed by atoms with Crippen molar-refractivity contribution >= 4 is 58.9 Å². The van der Waals surface area contributed by atoms with E-state index in [0.717, 1.165) is 38.9 Å². The van der Waals surface area contributed by atoms with Crippen LogP contribution in [0, 0.1) is 45.3 Å². The number of aliphatic imine (C=N–C) groups is 3. The smallest absolute Gasteiger partial charge is 0.306 e. The number of esters is 7. The number of benzene rings is 7. The van der Waals surface area contributed by atoms with E-state index in [1.54, 1.807) is 0 Å². The zero-order valence-electron chi connectivity index (χ0n) is 70.4. The summed E-state index contributed by atoms with van der Waals surface area (Å²) in [5.74, 6) is -6.07. The molecule has 0 aromatic heterocycles. The SMILES string of the molecule is C/C1=C2N=C(/C=C3\N/C(=C(/C)C4=NC(C)(C5N=C1[C@](C)(CCC(=O)OCCc1ccccc1)[C@H]5CC(=O)OCCc1ccccc1)[C@@](C)(CC(=O)OCCc1ccccc1)[C@@H]4CCC(=O)OCCc1ccccc1)[C@@](C)(CC(=O)OCCc1ccccc1)[C@@H]3CCC(=O)OCCc1ccccc1)C(C)(C)[C@@H]/2CCC(=O)OCCc1ccccc1. The minimum atomic E-state index is -1.54. The van der Waals surface area contributed by atoms with Crippen LogP contribution in [0.4, 0.5) is 0 Å². The highest BCUT2D eigenvalue weighted by molar-refractivity contribution is 6.10. The zero-order chi connectivity index (χ0) is 84.0. The van der Waals surface area contributed by atoms with Gasteiger partial charge < -0.3 is 38.5 Å². The van der Waals surface area contributed by atoms with E-state index in [1.165, 1.54) is 0 Å². The Kier molecular flexibility index (Phi) is 29.7. The predicted molar refractivity (Wildman–Crippen MR) is 462 cm³/mol. The van der Waals surface area contributed by atoms with Gasteiger partial charge in [-0.3, -0.25) is 48.5 Å². The van der Waals surface area contributed by atoms with Gasteiger partial charge in [0.15, 0.2) is 0 Å². The van der Waals surface area contributed by atoms with Gasteiger partial charge in [-0.05, 0) is 103 Å². The van der Waals surface area contributed by atoms with Crippen LogP contribution in [0.5, 0.6) is 0 Å². The molecule has 0 spiro atoms. The first-order valence-electron chi connectivity index (χ1n) is 42.5. The van der Waals surface area contributed by atoms with Crippen molar-refractivity contribution in [3.05, 3.63) is 286 Å². The normalized spacial score (nSPS) is 24.3. The molecule has 0 amide bonds. The lowest BCUT2D eigenvalue weighted by Crippen LogP contribution is -2.55. The number of hydrogen-bond acceptors (Lipinski definition) is 18. The summed E-state index contributed by atoms with van der Waals surface area (Å²) in [6.45, 7) is 17.1. The molecule has 1 saturated heterocycles. The number of ether oxygens (including phenoxy) is 7. The minimum Gasteiger partial charge on any atom is -0.465 e. The van der Waals surface area contributed by atoms with E-state index in [4.69, 9.17) is 48.1 Å². The molecule has 2 unspecified atom stereocenters. The van der Waals surface area contributed by atoms with Crippen LogP contribution < -0.4 is 5.32 Å². The van der Waals surface area contributed by atoms with Crippen LogP contribution in [-0.2, 0) is 112 Å². The predicted octanol–water partition coefficient (Wildman–Crippen LogP) is 17.8. The number of carbonyl (C=O) groups excluding carboxylic acids is 7. The van der Waals surface area contributed by atoms with Crippen molar-refractivity contribution in [2.75, 3.05) is 46.2 Å². The molecule has 18 heteroatoms. The third-order valence-electron chi connectivity index (χ3n) is 25.7. The summed E-state index contributed by atoms with van der Waals surface area (Å²) < 4.78 is 43.5. The molecule has 624 valence electrons. The quantitative estimate of drug-likeness (QED) is 0.0279. The van der Waals surface area contributed by atoms with Crippen molar-refractivity contribution in [3.8, 4) is 0 Å². The second-order valence-electron chi connectivity index (χ2n) is 33.9. The molecular formula is C101H116N4O14. The average molecular weight is 1610 g/mol. The highest BCUT2D eigenvalue weighted by atomic mass is 16.6. The molecule has 5 heterocycles. The lowest BCUT2D eigenvalue weighted by Gasteiger charge is -2.48. The Morgan fingerprint density at radius 1 is 0.378 bits per heavy atom. The van der Waals surface area contributed by atoms with E-state index in [-0.39, 0.29) is 123 Å². The molecule has 8 bridgehead atoms. The lowest BCUT2D eigenvalue weighted by molar-refractivity contribution is -0.150. The molecule has 18 nitrogen and oxygen atoms in total. The summed E-state index contributed by atoms with van der Waals surface area (Å²) in [6.07, 6.45) is 5.12. The Bertz CT molecular complexity index is 4850. The van der Waals surface area contributed by atoms with E-state index in [9.17, 15) is 19.2 Å². The first-order valence-corrected chi connectivity index (χ1v) is 42.5. The van der Waals surface area contributed by atoms with Crippen LogP contribution in [-0.4, -0.2) is 117 Å². The molecule has 12 rings (SSSR count). The van der Waals surface area contributed by atoms with Gasteiger partial charge in [-0.25, -0.2) is 0 Å². The third kappa shape index (κ3) is 21.9. The van der Waals surface area contributed by atoms with E-state index in [1.807, 2.05) is 253 Å². The Labute approximate surface area is 701 Å². The van der Waals surface area contributed by atoms with Gasteiger partial charge in [-0.15, -0.1) is 0 Å². The second-order valence-corrected chi connectivity index (χ2v) is 33.9. The first kappa shape index (κ1) is 87.2. The van der Waals surface area contributed by atoms with Gasteiger partial charge in [0.05, 0.1) is 77.1 Å². The highest BCUT2D eigenvalue weighted by Crippen LogP contribution is 2.63. The zero-order valence-corrected chi connectivity index (χ0v) is 70.4. The molecule has 0 radical (unpaired) electrons. The van der Waals surface area contributed by atoms with Gasteiger partial charge in [-0.1, -0.05) is 247 Å². The van der Waals surface area contributed by atoms with Crippen LogP contribution in [0.3, 0.4) is 0 Å². The average Bonchev–Trinajstić information content (AvgIpc) is 1.53. The Hall–Kier alpha value is -11.1. The second kappa shape index (κ2) is 40.5. The molecule has 9 atom stereocenters. The van der Waals surface area contributed by atoms with Gasteiger partial charge in [0, 0.05) is 150 Å². The number of rotatable bonds is 39. The highest BCUT2D eigenvalue weighted by Gasteiger charge is 2.67. The molecule has 0 aliphatic carbocycles. The Morgan fingerprint density at radius 2 is 0.714 bits per heavy atom. The molecule has 119 heavy (non-hydrogen) atoms. The minimum absolute atomic E-state index is 0.0127. The van der Waals surface area contributed by atoms with Crippen molar-refractivity contribution in [1.29, 1.82) is 0 Å². The Morgan fingerprint density at radius 3 is 1.10 bits per heavy atom. The van der Waals surface area contributed by atoms with E-state index in [0.29, 0.717) is 90.3 Å². The fourth-order valence-corrected chi connectivity index (χ4v) is 18.6. The number of nitrogens with one attached hydrogen (secondary N) is 1. The van der Waals surface area contributed by atoms with Gasteiger partial charge in [0.25, 0.3) is 0 Å². The molecule has 7 aromatic carbocycles. The Balaban J connectivity index is 1.05. The van der Waals surface area contributed by atoms with E-state index in [2.05, 4.69) is 26.1 Å². The van der Waals surface area contributed by atoms with Gasteiger partial charge in [0.1, 0.15) is 0 Å². The maximum Gasteiger partial charge on any atom is 0.306 e. The van der Waals surface area contributed by atoms with Crippen LogP contribution in [0.15, 0.2) is 262 Å². The fraction of sp³-hybridized carbons (Fsp3) is 0.426. The number of allylic oxidation sites excluding steroid dienone is 6. The lowest BCUT2D eigenvalue weighted by atomic mass is 9.55. The van der Waals surface area contributed by atoms with Crippen molar-refractivity contribution in [2.24, 2.45) is 60.3 Å². The van der Waals surface area contributed by atoms with E-state index < -0.39 is 92.7 Å². The van der Waals surface area contributed by atoms with Crippen molar-refractivity contribution in [1.82, 2.24) is 5.32 Å². The van der Waals surface area contributed by atoms with Crippen LogP contribution >= 0.6 is 0 Å². The van der Waals surface area contributed by atoms with Gasteiger partial charge >= 0.3 is 41.8 Å². The molecule has 7 aromatic rings. The maximum absolute atomic E-state index is 15.7. The monoisotopic (exact) mass is 1610 g/mol. The molecule has 1 fully saturated rings. The summed E-state index contributed by atoms with van der Waals surface area (Å²) in [5, 5.41) is 3.97. The van der Waals surface area contributed by atoms with Crippen LogP contribution in [0.25, 0.3) is 0 Å². The van der Waals surface area contributed by atoms with Crippen molar-refractivity contribution in [3.63, 3.8) is 0 Å². The summed E-state index contributed by atoms with van der Waals surface area (Å²) in [7, 11) is 0. The van der Waals surface area contributed by atoms with Gasteiger partial charge in [0.2, 0.25) is 0 Å².